The van der Waals surface area contributed by atoms with Crippen LogP contribution in [-0.4, -0.2) is 31.1 Å². The fourth-order valence-corrected chi connectivity index (χ4v) is 3.04. The van der Waals surface area contributed by atoms with Crippen LogP contribution in [0.15, 0.2) is 12.2 Å². The zero-order valence-electron chi connectivity index (χ0n) is 16.5. The summed E-state index contributed by atoms with van der Waals surface area (Å²) in [5.41, 5.74) is -0.381. The van der Waals surface area contributed by atoms with E-state index in [1.54, 1.807) is 6.08 Å². The first kappa shape index (κ1) is 21.9. The maximum atomic E-state index is 11.7. The van der Waals surface area contributed by atoms with E-state index in [9.17, 15) is 9.59 Å². The van der Waals surface area contributed by atoms with Crippen LogP contribution in [0.5, 0.6) is 0 Å². The molecular formula is C21H36O4. The second-order valence-corrected chi connectivity index (χ2v) is 7.75. The fourth-order valence-electron chi connectivity index (χ4n) is 3.04. The monoisotopic (exact) mass is 352 g/mol. The summed E-state index contributed by atoms with van der Waals surface area (Å²) in [5, 5.41) is 0. The summed E-state index contributed by atoms with van der Waals surface area (Å²) in [6, 6.07) is 0. The summed E-state index contributed by atoms with van der Waals surface area (Å²) in [5.74, 6) is 0.0914. The molecule has 0 amide bonds. The van der Waals surface area contributed by atoms with E-state index in [1.165, 1.54) is 7.11 Å². The highest BCUT2D eigenvalue weighted by Crippen LogP contribution is 2.29. The van der Waals surface area contributed by atoms with Crippen LogP contribution in [0.4, 0.5) is 0 Å². The van der Waals surface area contributed by atoms with Crippen LogP contribution in [0.1, 0.15) is 85.0 Å². The first-order chi connectivity index (χ1) is 11.9. The molecule has 4 heteroatoms. The van der Waals surface area contributed by atoms with Gasteiger partial charge in [-0.1, -0.05) is 45.4 Å². The van der Waals surface area contributed by atoms with Crippen molar-refractivity contribution < 1.29 is 19.1 Å². The van der Waals surface area contributed by atoms with Gasteiger partial charge in [-0.05, 0) is 45.3 Å². The standard InChI is InChI=1S/C21H36O4/c1-5-6-9-12-17(22)14-15-19-18(25-19)13-10-7-8-11-16-21(2,3)20(23)24-4/h14-15,18-19H,5-13,16H2,1-4H3/b15-14+. The Morgan fingerprint density at radius 2 is 1.80 bits per heavy atom. The molecule has 144 valence electrons. The van der Waals surface area contributed by atoms with Crippen molar-refractivity contribution >= 4 is 11.8 Å². The van der Waals surface area contributed by atoms with Crippen molar-refractivity contribution in [1.82, 2.24) is 0 Å². The van der Waals surface area contributed by atoms with Gasteiger partial charge in [0.15, 0.2) is 5.78 Å². The Morgan fingerprint density at radius 1 is 1.08 bits per heavy atom. The van der Waals surface area contributed by atoms with Crippen LogP contribution < -0.4 is 0 Å². The number of unbranched alkanes of at least 4 members (excludes halogenated alkanes) is 5. The molecule has 0 spiro atoms. The number of hydrogen-bond donors (Lipinski definition) is 0. The van der Waals surface area contributed by atoms with Crippen LogP contribution >= 0.6 is 0 Å². The minimum absolute atomic E-state index is 0.127. The van der Waals surface area contributed by atoms with Crippen molar-refractivity contribution in [3.8, 4) is 0 Å². The molecule has 1 heterocycles. The Morgan fingerprint density at radius 3 is 2.48 bits per heavy atom. The molecule has 0 aromatic rings. The van der Waals surface area contributed by atoms with E-state index in [0.717, 1.165) is 57.8 Å². The van der Waals surface area contributed by atoms with Crippen molar-refractivity contribution in [2.45, 2.75) is 97.2 Å². The fraction of sp³-hybridized carbons (Fsp3) is 0.810. The van der Waals surface area contributed by atoms with E-state index < -0.39 is 0 Å². The number of carbonyl (C=O) groups is 2. The quantitative estimate of drug-likeness (QED) is 0.191. The average Bonchev–Trinajstić information content (AvgIpc) is 3.34. The van der Waals surface area contributed by atoms with Gasteiger partial charge in [-0.15, -0.1) is 0 Å². The van der Waals surface area contributed by atoms with Gasteiger partial charge < -0.3 is 9.47 Å². The Balaban J connectivity index is 2.02. The Bertz CT molecular complexity index is 439. The maximum absolute atomic E-state index is 11.7. The number of ether oxygens (including phenoxy) is 2. The summed E-state index contributed by atoms with van der Waals surface area (Å²) >= 11 is 0. The third-order valence-electron chi connectivity index (χ3n) is 4.90. The molecule has 0 aromatic heterocycles. The predicted molar refractivity (Wildman–Crippen MR) is 100 cm³/mol. The molecule has 1 rings (SSSR count). The first-order valence-corrected chi connectivity index (χ1v) is 9.85. The van der Waals surface area contributed by atoms with Crippen molar-refractivity contribution in [2.24, 2.45) is 5.41 Å². The molecule has 0 aromatic carbocycles. The highest BCUT2D eigenvalue weighted by atomic mass is 16.6. The molecule has 1 fully saturated rings. The van der Waals surface area contributed by atoms with Crippen LogP contribution in [-0.2, 0) is 19.1 Å². The van der Waals surface area contributed by atoms with Gasteiger partial charge in [-0.25, -0.2) is 0 Å². The summed E-state index contributed by atoms with van der Waals surface area (Å²) in [6.07, 6.45) is 14.4. The van der Waals surface area contributed by atoms with Gasteiger partial charge in [0.2, 0.25) is 0 Å². The zero-order chi connectivity index (χ0) is 18.7. The molecule has 1 aliphatic rings. The second kappa shape index (κ2) is 11.5. The number of allylic oxidation sites excluding steroid dienone is 1. The first-order valence-electron chi connectivity index (χ1n) is 9.85. The van der Waals surface area contributed by atoms with Gasteiger partial charge in [0, 0.05) is 6.42 Å². The molecule has 0 aliphatic carbocycles. The molecule has 2 atom stereocenters. The van der Waals surface area contributed by atoms with E-state index in [4.69, 9.17) is 9.47 Å². The third-order valence-corrected chi connectivity index (χ3v) is 4.90. The van der Waals surface area contributed by atoms with Crippen LogP contribution in [0.3, 0.4) is 0 Å². The van der Waals surface area contributed by atoms with Crippen molar-refractivity contribution in [1.29, 1.82) is 0 Å². The van der Waals surface area contributed by atoms with Gasteiger partial charge in [0.25, 0.3) is 0 Å². The lowest BCUT2D eigenvalue weighted by Gasteiger charge is -2.20. The minimum Gasteiger partial charge on any atom is -0.469 e. The lowest BCUT2D eigenvalue weighted by molar-refractivity contribution is -0.151. The average molecular weight is 353 g/mol. The highest BCUT2D eigenvalue weighted by Gasteiger charge is 2.35. The van der Waals surface area contributed by atoms with Crippen LogP contribution in [0.25, 0.3) is 0 Å². The lowest BCUT2D eigenvalue weighted by atomic mass is 9.87. The number of esters is 1. The van der Waals surface area contributed by atoms with Crippen molar-refractivity contribution in [3.63, 3.8) is 0 Å². The number of epoxide rings is 1. The van der Waals surface area contributed by atoms with E-state index in [0.29, 0.717) is 12.5 Å². The number of hydrogen-bond acceptors (Lipinski definition) is 4. The van der Waals surface area contributed by atoms with E-state index in [1.807, 2.05) is 19.9 Å². The van der Waals surface area contributed by atoms with Crippen molar-refractivity contribution in [2.75, 3.05) is 7.11 Å². The Hall–Kier alpha value is -1.16. The molecule has 2 unspecified atom stereocenters. The molecule has 4 nitrogen and oxygen atoms in total. The van der Waals surface area contributed by atoms with E-state index >= 15 is 0 Å². The number of ketones is 1. The summed E-state index contributed by atoms with van der Waals surface area (Å²) < 4.78 is 10.4. The lowest BCUT2D eigenvalue weighted by Crippen LogP contribution is -2.25. The predicted octanol–water partition coefficient (Wildman–Crippen LogP) is 5.00. The van der Waals surface area contributed by atoms with Gasteiger partial charge in [0.1, 0.15) is 6.10 Å². The third kappa shape index (κ3) is 9.20. The van der Waals surface area contributed by atoms with Gasteiger partial charge in [-0.2, -0.15) is 0 Å². The van der Waals surface area contributed by atoms with Gasteiger partial charge >= 0.3 is 5.97 Å². The summed E-state index contributed by atoms with van der Waals surface area (Å²) in [7, 11) is 1.45. The number of rotatable bonds is 14. The molecule has 0 saturated carbocycles. The molecule has 1 aliphatic heterocycles. The molecular weight excluding hydrogens is 316 g/mol. The van der Waals surface area contributed by atoms with E-state index in [2.05, 4.69) is 6.92 Å². The zero-order valence-corrected chi connectivity index (χ0v) is 16.5. The maximum Gasteiger partial charge on any atom is 0.311 e. The molecule has 0 radical (unpaired) electrons. The minimum atomic E-state index is -0.381. The van der Waals surface area contributed by atoms with Crippen molar-refractivity contribution in [3.05, 3.63) is 12.2 Å². The number of methoxy groups -OCH3 is 1. The Labute approximate surface area is 153 Å². The SMILES string of the molecule is CCCCCC(=O)/C=C/C1OC1CCCCCCC(C)(C)C(=O)OC. The second-order valence-electron chi connectivity index (χ2n) is 7.75. The normalized spacial score (nSPS) is 20.0. The number of carbonyl (C=O) groups excluding carboxylic acids is 2. The Kier molecular flexibility index (Phi) is 10.0. The molecule has 0 bridgehead atoms. The van der Waals surface area contributed by atoms with Gasteiger partial charge in [-0.3, -0.25) is 9.59 Å². The van der Waals surface area contributed by atoms with Crippen LogP contribution in [0.2, 0.25) is 0 Å². The highest BCUT2D eigenvalue weighted by molar-refractivity contribution is 5.89. The smallest absolute Gasteiger partial charge is 0.311 e. The topological polar surface area (TPSA) is 55.9 Å². The summed E-state index contributed by atoms with van der Waals surface area (Å²) in [6.45, 7) is 6.03. The molecule has 0 N–H and O–H groups in total. The molecule has 1 saturated heterocycles. The largest absolute Gasteiger partial charge is 0.469 e. The van der Waals surface area contributed by atoms with E-state index in [-0.39, 0.29) is 23.3 Å². The molecule has 25 heavy (non-hydrogen) atoms. The summed E-state index contributed by atoms with van der Waals surface area (Å²) in [4.78, 5) is 23.3. The van der Waals surface area contributed by atoms with Crippen LogP contribution in [0, 0.1) is 5.41 Å². The van der Waals surface area contributed by atoms with Gasteiger partial charge in [0.05, 0.1) is 18.6 Å².